The van der Waals surface area contributed by atoms with Gasteiger partial charge in [-0.25, -0.2) is 4.79 Å². The van der Waals surface area contributed by atoms with E-state index in [2.05, 4.69) is 0 Å². The van der Waals surface area contributed by atoms with Gasteiger partial charge in [-0.15, -0.1) is 0 Å². The number of carbonyl (C=O) groups excluding carboxylic acids is 2. The summed E-state index contributed by atoms with van der Waals surface area (Å²) in [7, 11) is 0. The molecule has 1 aromatic rings. The predicted molar refractivity (Wildman–Crippen MR) is 112 cm³/mol. The van der Waals surface area contributed by atoms with E-state index in [1.807, 2.05) is 20.8 Å². The molecule has 0 aliphatic heterocycles. The molecule has 1 unspecified atom stereocenters. The molecule has 31 heavy (non-hydrogen) atoms. The molecule has 1 aromatic carbocycles. The Morgan fingerprint density at radius 2 is 1.87 bits per heavy atom. The highest BCUT2D eigenvalue weighted by Gasteiger charge is 2.74. The van der Waals surface area contributed by atoms with Crippen molar-refractivity contribution in [1.82, 2.24) is 0 Å². The molecule has 6 atom stereocenters. The second kappa shape index (κ2) is 6.70. The number of benzene rings is 1. The Labute approximate surface area is 185 Å². The van der Waals surface area contributed by atoms with Gasteiger partial charge in [0, 0.05) is 23.0 Å². The molecule has 168 valence electrons. The summed E-state index contributed by atoms with van der Waals surface area (Å²) < 4.78 is 5.56. The van der Waals surface area contributed by atoms with E-state index in [1.165, 1.54) is 6.92 Å². The van der Waals surface area contributed by atoms with E-state index in [-0.39, 0.29) is 51.1 Å². The van der Waals surface area contributed by atoms with Crippen LogP contribution >= 0.6 is 11.6 Å². The Balaban J connectivity index is 1.69. The molecule has 4 rings (SSSR count). The van der Waals surface area contributed by atoms with Crippen LogP contribution < -0.4 is 0 Å². The number of aromatic hydroxyl groups is 2. The highest BCUT2D eigenvalue weighted by molar-refractivity contribution is 6.33. The molecular formula is C23H27ClO7. The van der Waals surface area contributed by atoms with Crippen LogP contribution in [0.3, 0.4) is 0 Å². The molecule has 0 heterocycles. The molecule has 4 N–H and O–H groups in total. The number of phenolic OH excluding ortho intramolecular Hbond substituents is 2. The van der Waals surface area contributed by atoms with Crippen molar-refractivity contribution in [3.8, 4) is 11.5 Å². The van der Waals surface area contributed by atoms with E-state index < -0.39 is 34.9 Å². The summed E-state index contributed by atoms with van der Waals surface area (Å²) in [5.74, 6) is -2.14. The van der Waals surface area contributed by atoms with Gasteiger partial charge >= 0.3 is 5.97 Å². The summed E-state index contributed by atoms with van der Waals surface area (Å²) in [6, 6.07) is 0.949. The number of rotatable bonds is 3. The molecule has 0 saturated heterocycles. The lowest BCUT2D eigenvalue weighted by molar-refractivity contribution is -0.257. The first-order valence-electron chi connectivity index (χ1n) is 10.3. The standard InChI is InChI=1S/C23H27ClO7/c1-10-16(13(26)6-14(27)18(10)24)20(29)31-15-8-22(4)17-11(7-21(2,3)19(17)28)5-12(9-25)23(15,22)30/h5-6,9,11,15,17,19,26-28,30H,7-8H2,1-4H3/t11-,15-,17?,19-,22-,23+/m1/s1. The molecule has 8 heteroatoms. The van der Waals surface area contributed by atoms with Crippen molar-refractivity contribution in [2.75, 3.05) is 0 Å². The number of aldehydes is 1. The lowest BCUT2D eigenvalue weighted by Crippen LogP contribution is -2.74. The van der Waals surface area contributed by atoms with Gasteiger partial charge in [0.15, 0.2) is 0 Å². The van der Waals surface area contributed by atoms with Crippen LogP contribution in [0.4, 0.5) is 0 Å². The first-order chi connectivity index (χ1) is 14.3. The van der Waals surface area contributed by atoms with E-state index in [9.17, 15) is 30.0 Å². The van der Waals surface area contributed by atoms with Gasteiger partial charge in [0.25, 0.3) is 0 Å². The van der Waals surface area contributed by atoms with Crippen molar-refractivity contribution in [3.05, 3.63) is 33.9 Å². The van der Waals surface area contributed by atoms with Gasteiger partial charge in [-0.1, -0.05) is 38.4 Å². The average Bonchev–Trinajstić information content (AvgIpc) is 2.91. The van der Waals surface area contributed by atoms with Crippen molar-refractivity contribution in [2.45, 2.75) is 58.3 Å². The zero-order valence-electron chi connectivity index (χ0n) is 17.8. The van der Waals surface area contributed by atoms with Crippen LogP contribution in [0.5, 0.6) is 11.5 Å². The summed E-state index contributed by atoms with van der Waals surface area (Å²) >= 11 is 5.99. The number of halogens is 1. The molecule has 0 bridgehead atoms. The third-order valence-corrected chi connectivity index (χ3v) is 8.40. The molecule has 2 fully saturated rings. The maximum Gasteiger partial charge on any atom is 0.342 e. The fraction of sp³-hybridized carbons (Fsp3) is 0.565. The summed E-state index contributed by atoms with van der Waals surface area (Å²) in [5, 5.41) is 42.4. The molecule has 2 saturated carbocycles. The lowest BCUT2D eigenvalue weighted by atomic mass is 9.44. The maximum atomic E-state index is 12.9. The molecule has 0 aromatic heterocycles. The molecule has 0 amide bonds. The highest BCUT2D eigenvalue weighted by Crippen LogP contribution is 2.68. The first kappa shape index (κ1) is 22.1. The number of aliphatic hydroxyl groups is 2. The van der Waals surface area contributed by atoms with Crippen LogP contribution in [-0.2, 0) is 9.53 Å². The van der Waals surface area contributed by atoms with Crippen LogP contribution in [0.1, 0.15) is 49.5 Å². The van der Waals surface area contributed by atoms with Crippen LogP contribution in [0.15, 0.2) is 17.7 Å². The first-order valence-corrected chi connectivity index (χ1v) is 10.7. The Hall–Kier alpha value is -2.09. The quantitative estimate of drug-likeness (QED) is 0.412. The second-order valence-corrected chi connectivity index (χ2v) is 10.5. The van der Waals surface area contributed by atoms with Gasteiger partial charge in [0.2, 0.25) is 0 Å². The number of allylic oxidation sites excluding steroid dienone is 1. The zero-order valence-corrected chi connectivity index (χ0v) is 18.6. The van der Waals surface area contributed by atoms with Crippen molar-refractivity contribution in [1.29, 1.82) is 0 Å². The van der Waals surface area contributed by atoms with E-state index in [0.29, 0.717) is 12.7 Å². The molecule has 0 radical (unpaired) electrons. The van der Waals surface area contributed by atoms with Crippen LogP contribution in [-0.4, -0.2) is 50.5 Å². The zero-order chi connectivity index (χ0) is 23.1. The SMILES string of the molecule is Cc1c(Cl)c(O)cc(O)c1C(=O)O[C@@H]1C[C@]2(C)C3[C@H](C=C(C=O)[C@]12O)CC(C)(C)[C@@H]3O. The monoisotopic (exact) mass is 450 g/mol. The van der Waals surface area contributed by atoms with Gasteiger partial charge in [0.1, 0.15) is 35.1 Å². The van der Waals surface area contributed by atoms with Crippen molar-refractivity contribution >= 4 is 23.9 Å². The minimum absolute atomic E-state index is 0.0608. The number of esters is 1. The number of hydrogen-bond donors (Lipinski definition) is 4. The molecule has 7 nitrogen and oxygen atoms in total. The number of phenols is 2. The third-order valence-electron chi connectivity index (χ3n) is 7.92. The summed E-state index contributed by atoms with van der Waals surface area (Å²) in [4.78, 5) is 24.8. The van der Waals surface area contributed by atoms with Gasteiger partial charge in [-0.3, -0.25) is 4.79 Å². The van der Waals surface area contributed by atoms with Crippen LogP contribution in [0, 0.1) is 29.6 Å². The Morgan fingerprint density at radius 3 is 2.48 bits per heavy atom. The number of carbonyl (C=O) groups is 2. The second-order valence-electron chi connectivity index (χ2n) is 10.1. The van der Waals surface area contributed by atoms with Crippen molar-refractivity contribution < 1.29 is 34.8 Å². The minimum Gasteiger partial charge on any atom is -0.507 e. The van der Waals surface area contributed by atoms with E-state index in [4.69, 9.17) is 16.3 Å². The Morgan fingerprint density at radius 1 is 1.23 bits per heavy atom. The van der Waals surface area contributed by atoms with Crippen LogP contribution in [0.2, 0.25) is 5.02 Å². The van der Waals surface area contributed by atoms with Gasteiger partial charge in [-0.05, 0) is 36.7 Å². The number of ether oxygens (including phenoxy) is 1. The van der Waals surface area contributed by atoms with Gasteiger partial charge in [0.05, 0.1) is 11.1 Å². The van der Waals surface area contributed by atoms with Crippen molar-refractivity contribution in [3.63, 3.8) is 0 Å². The van der Waals surface area contributed by atoms with E-state index >= 15 is 0 Å². The summed E-state index contributed by atoms with van der Waals surface area (Å²) in [5.41, 5.74) is -2.91. The average molecular weight is 451 g/mol. The van der Waals surface area contributed by atoms with Gasteiger partial charge in [-0.2, -0.15) is 0 Å². The number of aliphatic hydroxyl groups excluding tert-OH is 1. The topological polar surface area (TPSA) is 124 Å². The maximum absolute atomic E-state index is 12.9. The number of fused-ring (bicyclic) bond motifs is 3. The minimum atomic E-state index is -1.75. The number of hydrogen-bond acceptors (Lipinski definition) is 7. The largest absolute Gasteiger partial charge is 0.507 e. The highest BCUT2D eigenvalue weighted by atomic mass is 35.5. The lowest BCUT2D eigenvalue weighted by Gasteiger charge is -2.64. The van der Waals surface area contributed by atoms with E-state index in [0.717, 1.165) is 6.07 Å². The summed E-state index contributed by atoms with van der Waals surface area (Å²) in [6.45, 7) is 7.19. The molecule has 3 aliphatic carbocycles. The third kappa shape index (κ3) is 2.73. The Kier molecular flexibility index (Phi) is 4.78. The summed E-state index contributed by atoms with van der Waals surface area (Å²) in [6.07, 6.45) is 1.51. The fourth-order valence-electron chi connectivity index (χ4n) is 6.21. The van der Waals surface area contributed by atoms with Crippen LogP contribution in [0.25, 0.3) is 0 Å². The van der Waals surface area contributed by atoms with Gasteiger partial charge < -0.3 is 25.2 Å². The Bertz CT molecular complexity index is 1020. The molecular weight excluding hydrogens is 424 g/mol. The fourth-order valence-corrected chi connectivity index (χ4v) is 6.36. The van der Waals surface area contributed by atoms with E-state index in [1.54, 1.807) is 6.08 Å². The van der Waals surface area contributed by atoms with Crippen molar-refractivity contribution in [2.24, 2.45) is 22.7 Å². The smallest absolute Gasteiger partial charge is 0.342 e. The molecule has 3 aliphatic rings. The normalized spacial score (nSPS) is 37.8. The molecule has 0 spiro atoms. The predicted octanol–water partition coefficient (Wildman–Crippen LogP) is 2.89.